The van der Waals surface area contributed by atoms with Gasteiger partial charge in [-0.2, -0.15) is 0 Å². The Morgan fingerprint density at radius 3 is 2.47 bits per heavy atom. The van der Waals surface area contributed by atoms with E-state index in [9.17, 15) is 33.4 Å². The Balaban J connectivity index is 1.63. The van der Waals surface area contributed by atoms with E-state index >= 15 is 0 Å². The number of nitrogens with zero attached hydrogens (tertiary/aromatic N) is 2. The number of ether oxygens (including phenoxy) is 2. The molecule has 1 aromatic heterocycles. The van der Waals surface area contributed by atoms with Crippen LogP contribution in [0.4, 0.5) is 4.79 Å². The number of amides is 4. The van der Waals surface area contributed by atoms with Crippen LogP contribution >= 0.6 is 7.82 Å². The SMILES string of the molecule is COC[C@H]1O[C@@H](n2ccc(=O)[nH]c2=O)[C@@H](CCCNC(=O)NCCN2C(=O)C=CC2=O)C1OP(=O)(O)OC. The molecule has 0 saturated carbocycles. The number of imide groups is 1. The molecule has 4 N–H and O–H groups in total. The van der Waals surface area contributed by atoms with E-state index < -0.39 is 61.3 Å². The Hall–Kier alpha value is -3.14. The van der Waals surface area contributed by atoms with Gasteiger partial charge in [0.05, 0.1) is 6.61 Å². The molecule has 5 atom stereocenters. The van der Waals surface area contributed by atoms with Crippen LogP contribution < -0.4 is 21.9 Å². The first-order chi connectivity index (χ1) is 18.1. The van der Waals surface area contributed by atoms with E-state index in [1.54, 1.807) is 0 Å². The van der Waals surface area contributed by atoms with E-state index in [2.05, 4.69) is 20.1 Å². The minimum Gasteiger partial charge on any atom is -0.382 e. The molecule has 210 valence electrons. The van der Waals surface area contributed by atoms with Crippen molar-refractivity contribution < 1.29 is 42.4 Å². The van der Waals surface area contributed by atoms with Crippen molar-refractivity contribution in [1.29, 1.82) is 0 Å². The van der Waals surface area contributed by atoms with Gasteiger partial charge < -0.3 is 25.0 Å². The Labute approximate surface area is 216 Å². The number of aromatic amines is 1. The molecule has 17 heteroatoms. The van der Waals surface area contributed by atoms with Gasteiger partial charge in [0.25, 0.3) is 17.4 Å². The molecule has 0 aromatic carbocycles. The number of H-pyrrole nitrogens is 1. The Kier molecular flexibility index (Phi) is 10.1. The summed E-state index contributed by atoms with van der Waals surface area (Å²) in [5.41, 5.74) is -1.35. The third-order valence-electron chi connectivity index (χ3n) is 5.93. The number of phosphoric ester groups is 1. The number of hydrogen-bond donors (Lipinski definition) is 4. The molecule has 3 rings (SSSR count). The van der Waals surface area contributed by atoms with Crippen molar-refractivity contribution in [3.63, 3.8) is 0 Å². The molecule has 1 saturated heterocycles. The van der Waals surface area contributed by atoms with E-state index in [4.69, 9.17) is 14.0 Å². The van der Waals surface area contributed by atoms with Gasteiger partial charge in [-0.1, -0.05) is 0 Å². The third-order valence-corrected chi connectivity index (χ3v) is 6.90. The molecule has 1 fully saturated rings. The first kappa shape index (κ1) is 29.4. The fourth-order valence-electron chi connectivity index (χ4n) is 4.18. The second kappa shape index (κ2) is 13.1. The predicted molar refractivity (Wildman–Crippen MR) is 129 cm³/mol. The van der Waals surface area contributed by atoms with Gasteiger partial charge in [-0.15, -0.1) is 0 Å². The lowest BCUT2D eigenvalue weighted by molar-refractivity contribution is -0.136. The number of carbonyl (C=O) groups excluding carboxylic acids is 3. The van der Waals surface area contributed by atoms with Crippen LogP contribution in [-0.4, -0.2) is 89.9 Å². The van der Waals surface area contributed by atoms with Crippen LogP contribution in [0.2, 0.25) is 0 Å². The predicted octanol–water partition coefficient (Wildman–Crippen LogP) is -1.17. The van der Waals surface area contributed by atoms with Crippen LogP contribution in [0.15, 0.2) is 34.0 Å². The van der Waals surface area contributed by atoms with Crippen LogP contribution in [-0.2, 0) is 32.7 Å². The molecule has 16 nitrogen and oxygen atoms in total. The molecule has 0 spiro atoms. The monoisotopic (exact) mass is 559 g/mol. The van der Waals surface area contributed by atoms with Gasteiger partial charge in [-0.25, -0.2) is 14.2 Å². The van der Waals surface area contributed by atoms with Crippen molar-refractivity contribution in [2.45, 2.75) is 31.3 Å². The van der Waals surface area contributed by atoms with E-state index in [1.807, 2.05) is 0 Å². The topological polar surface area (TPSA) is 208 Å². The van der Waals surface area contributed by atoms with E-state index in [0.717, 1.165) is 34.8 Å². The minimum absolute atomic E-state index is 0.0215. The quantitative estimate of drug-likeness (QED) is 0.129. The molecule has 38 heavy (non-hydrogen) atoms. The van der Waals surface area contributed by atoms with Crippen molar-refractivity contribution >= 4 is 25.7 Å². The highest BCUT2D eigenvalue weighted by Gasteiger charge is 2.49. The first-order valence-electron chi connectivity index (χ1n) is 11.6. The minimum atomic E-state index is -4.46. The molecule has 4 amide bonds. The van der Waals surface area contributed by atoms with E-state index in [0.29, 0.717) is 6.42 Å². The number of rotatable bonds is 13. The summed E-state index contributed by atoms with van der Waals surface area (Å²) in [6.45, 7) is 0.211. The number of carbonyl (C=O) groups is 3. The molecule has 0 aliphatic carbocycles. The van der Waals surface area contributed by atoms with Gasteiger partial charge in [0, 0.05) is 64.2 Å². The molecule has 0 radical (unpaired) electrons. The van der Waals surface area contributed by atoms with Gasteiger partial charge >= 0.3 is 19.5 Å². The fraction of sp³-hybridized carbons (Fsp3) is 0.571. The zero-order chi connectivity index (χ0) is 27.9. The molecule has 1 aromatic rings. The zero-order valence-corrected chi connectivity index (χ0v) is 21.6. The van der Waals surface area contributed by atoms with Crippen molar-refractivity contribution in [2.24, 2.45) is 5.92 Å². The third kappa shape index (κ3) is 7.46. The Bertz CT molecular complexity index is 1200. The maximum Gasteiger partial charge on any atom is 0.472 e. The van der Waals surface area contributed by atoms with Crippen molar-refractivity contribution in [3.05, 3.63) is 45.3 Å². The molecule has 2 aliphatic heterocycles. The zero-order valence-electron chi connectivity index (χ0n) is 20.7. The summed E-state index contributed by atoms with van der Waals surface area (Å²) in [6.07, 6.45) is 1.27. The van der Waals surface area contributed by atoms with Crippen LogP contribution in [0.5, 0.6) is 0 Å². The number of nitrogens with one attached hydrogen (secondary N) is 3. The lowest BCUT2D eigenvalue weighted by Gasteiger charge is -2.26. The van der Waals surface area contributed by atoms with Crippen molar-refractivity contribution in [3.8, 4) is 0 Å². The van der Waals surface area contributed by atoms with Crippen molar-refractivity contribution in [1.82, 2.24) is 25.1 Å². The van der Waals surface area contributed by atoms with Gasteiger partial charge in [-0.3, -0.25) is 37.9 Å². The van der Waals surface area contributed by atoms with Gasteiger partial charge in [0.1, 0.15) is 18.4 Å². The highest BCUT2D eigenvalue weighted by Crippen LogP contribution is 2.50. The molecular formula is C21H30N5O11P. The number of aromatic nitrogens is 2. The maximum absolute atomic E-state index is 12.5. The summed E-state index contributed by atoms with van der Waals surface area (Å²) in [6, 6.07) is 0.607. The van der Waals surface area contributed by atoms with Gasteiger partial charge in [0.15, 0.2) is 0 Å². The smallest absolute Gasteiger partial charge is 0.382 e. The van der Waals surface area contributed by atoms with Crippen LogP contribution in [0.3, 0.4) is 0 Å². The second-order valence-electron chi connectivity index (χ2n) is 8.41. The summed E-state index contributed by atoms with van der Waals surface area (Å²) in [5, 5.41) is 5.18. The Morgan fingerprint density at radius 1 is 1.16 bits per heavy atom. The van der Waals surface area contributed by atoms with Crippen LogP contribution in [0.25, 0.3) is 0 Å². The highest BCUT2D eigenvalue weighted by atomic mass is 31.2. The van der Waals surface area contributed by atoms with E-state index in [1.165, 1.54) is 13.3 Å². The number of phosphoric acid groups is 1. The van der Waals surface area contributed by atoms with Crippen molar-refractivity contribution in [2.75, 3.05) is 40.5 Å². The molecule has 3 heterocycles. The van der Waals surface area contributed by atoms with Gasteiger partial charge in [-0.05, 0) is 12.8 Å². The average Bonchev–Trinajstić information content (AvgIpc) is 3.35. The summed E-state index contributed by atoms with van der Waals surface area (Å²) in [4.78, 5) is 72.3. The highest BCUT2D eigenvalue weighted by molar-refractivity contribution is 7.47. The van der Waals surface area contributed by atoms with Gasteiger partial charge in [0.2, 0.25) is 0 Å². The summed E-state index contributed by atoms with van der Waals surface area (Å²) >= 11 is 0. The number of urea groups is 1. The average molecular weight is 559 g/mol. The maximum atomic E-state index is 12.5. The molecule has 2 unspecified atom stereocenters. The summed E-state index contributed by atoms with van der Waals surface area (Å²) in [7, 11) is -2.05. The lowest BCUT2D eigenvalue weighted by atomic mass is 9.94. The van der Waals surface area contributed by atoms with Crippen LogP contribution in [0, 0.1) is 5.92 Å². The first-order valence-corrected chi connectivity index (χ1v) is 13.1. The number of methoxy groups -OCH3 is 1. The largest absolute Gasteiger partial charge is 0.472 e. The molecular weight excluding hydrogens is 529 g/mol. The Morgan fingerprint density at radius 2 is 1.84 bits per heavy atom. The van der Waals surface area contributed by atoms with E-state index in [-0.39, 0.29) is 32.7 Å². The molecule has 0 bridgehead atoms. The number of hydrogen-bond acceptors (Lipinski definition) is 10. The summed E-state index contributed by atoms with van der Waals surface area (Å²) < 4.78 is 34.4. The second-order valence-corrected chi connectivity index (χ2v) is 9.92. The van der Waals surface area contributed by atoms with Crippen LogP contribution in [0.1, 0.15) is 19.1 Å². The normalized spacial score (nSPS) is 24.6. The lowest BCUT2D eigenvalue weighted by Crippen LogP contribution is -2.42. The molecule has 2 aliphatic rings. The summed E-state index contributed by atoms with van der Waals surface area (Å²) in [5.74, 6) is -1.58. The standard InChI is InChI=1S/C21H30N5O11P/c1-34-12-14-18(37-38(32,33)35-2)13(19(36-14)26-10-7-15(27)24-21(26)31)4-3-8-22-20(30)23-9-11-25-16(28)5-6-17(25)29/h5-7,10,13-14,18-19H,3-4,8-9,11-12H2,1-2H3,(H,32,33)(H2,22,23,30)(H,24,27,31)/t13-,14+,18?,19+/m0/s1. The fourth-order valence-corrected chi connectivity index (χ4v) is 4.86.